The van der Waals surface area contributed by atoms with Gasteiger partial charge in [-0.1, -0.05) is 13.0 Å². The molecule has 2 unspecified atom stereocenters. The number of amides is 2. The van der Waals surface area contributed by atoms with Gasteiger partial charge in [-0.05, 0) is 57.0 Å². The summed E-state index contributed by atoms with van der Waals surface area (Å²) >= 11 is 6.67. The van der Waals surface area contributed by atoms with Crippen molar-refractivity contribution in [2.45, 2.75) is 38.6 Å². The van der Waals surface area contributed by atoms with Crippen LogP contribution in [0.15, 0.2) is 9.47 Å². The number of carbonyl (C=O) groups is 2. The van der Waals surface area contributed by atoms with Crippen LogP contribution in [0.5, 0.6) is 0 Å². The molecule has 1 rings (SSSR count). The number of hydrogen-bond acceptors (Lipinski definition) is 2. The molecule has 2 N–H and O–H groups in total. The molecule has 0 aromatic carbocycles. The van der Waals surface area contributed by atoms with E-state index >= 15 is 0 Å². The summed E-state index contributed by atoms with van der Waals surface area (Å²) in [6, 6.07) is -0.486. The highest BCUT2D eigenvalue weighted by molar-refractivity contribution is 9.28. The van der Waals surface area contributed by atoms with Gasteiger partial charge in [-0.3, -0.25) is 9.59 Å². The van der Waals surface area contributed by atoms with Gasteiger partial charge in [-0.15, -0.1) is 0 Å². The van der Waals surface area contributed by atoms with Crippen molar-refractivity contribution in [2.24, 2.45) is 11.7 Å². The zero-order valence-electron chi connectivity index (χ0n) is 10.4. The fraction of sp³-hybridized carbons (Fsp3) is 0.667. The standard InChI is InChI=1S/C12H18Br2N2O2/c1-2-9(12(15)18)16-7-8(6-10(13)14)4-3-5-11(16)17/h6,8-9H,2-5,7H2,1H3,(H2,15,18). The van der Waals surface area contributed by atoms with Gasteiger partial charge in [-0.25, -0.2) is 0 Å². The number of nitrogens with zero attached hydrogens (tertiary/aromatic N) is 1. The lowest BCUT2D eigenvalue weighted by Gasteiger charge is -2.29. The number of halogens is 2. The van der Waals surface area contributed by atoms with Gasteiger partial charge >= 0.3 is 0 Å². The van der Waals surface area contributed by atoms with E-state index in [2.05, 4.69) is 31.9 Å². The highest BCUT2D eigenvalue weighted by atomic mass is 79.9. The van der Waals surface area contributed by atoms with Crippen molar-refractivity contribution < 1.29 is 9.59 Å². The molecule has 0 radical (unpaired) electrons. The SMILES string of the molecule is CCC(C(N)=O)N1CC(C=C(Br)Br)CCCC1=O. The van der Waals surface area contributed by atoms with Gasteiger partial charge in [-0.2, -0.15) is 0 Å². The van der Waals surface area contributed by atoms with E-state index in [-0.39, 0.29) is 11.8 Å². The van der Waals surface area contributed by atoms with E-state index in [0.29, 0.717) is 19.4 Å². The fourth-order valence-corrected chi connectivity index (χ4v) is 3.04. The molecule has 2 atom stereocenters. The van der Waals surface area contributed by atoms with Crippen molar-refractivity contribution in [3.05, 3.63) is 9.47 Å². The number of hydrogen-bond donors (Lipinski definition) is 1. The summed E-state index contributed by atoms with van der Waals surface area (Å²) in [7, 11) is 0. The molecule has 4 nitrogen and oxygen atoms in total. The highest BCUT2D eigenvalue weighted by Gasteiger charge is 2.30. The molecule has 0 bridgehead atoms. The van der Waals surface area contributed by atoms with Gasteiger partial charge in [0, 0.05) is 13.0 Å². The summed E-state index contributed by atoms with van der Waals surface area (Å²) in [5, 5.41) is 0. The predicted octanol–water partition coefficient (Wildman–Crippen LogP) is 2.51. The molecule has 1 heterocycles. The van der Waals surface area contributed by atoms with Crippen LogP contribution in [0.1, 0.15) is 32.6 Å². The van der Waals surface area contributed by atoms with Crippen LogP contribution in [0.25, 0.3) is 0 Å². The molecule has 1 aliphatic heterocycles. The van der Waals surface area contributed by atoms with Crippen molar-refractivity contribution in [1.29, 1.82) is 0 Å². The first-order chi connectivity index (χ1) is 8.45. The topological polar surface area (TPSA) is 63.4 Å². The summed E-state index contributed by atoms with van der Waals surface area (Å²) in [5.41, 5.74) is 5.37. The van der Waals surface area contributed by atoms with E-state index < -0.39 is 11.9 Å². The highest BCUT2D eigenvalue weighted by Crippen LogP contribution is 2.25. The first-order valence-corrected chi connectivity index (χ1v) is 7.66. The van der Waals surface area contributed by atoms with E-state index in [1.54, 1.807) is 4.90 Å². The van der Waals surface area contributed by atoms with Gasteiger partial charge in [0.15, 0.2) is 0 Å². The lowest BCUT2D eigenvalue weighted by Crippen LogP contribution is -2.48. The molecule has 6 heteroatoms. The lowest BCUT2D eigenvalue weighted by molar-refractivity contribution is -0.139. The number of primary amides is 1. The molecule has 0 saturated carbocycles. The molecular formula is C12H18Br2N2O2. The fourth-order valence-electron chi connectivity index (χ4n) is 2.30. The maximum absolute atomic E-state index is 12.0. The summed E-state index contributed by atoms with van der Waals surface area (Å²) < 4.78 is 0.876. The second kappa shape index (κ2) is 7.28. The molecule has 0 spiro atoms. The summed E-state index contributed by atoms with van der Waals surface area (Å²) in [5.74, 6) is -0.144. The zero-order valence-corrected chi connectivity index (χ0v) is 13.5. The Labute approximate surface area is 124 Å². The van der Waals surface area contributed by atoms with Crippen molar-refractivity contribution in [3.8, 4) is 0 Å². The monoisotopic (exact) mass is 380 g/mol. The van der Waals surface area contributed by atoms with Crippen LogP contribution < -0.4 is 5.73 Å². The van der Waals surface area contributed by atoms with Crippen LogP contribution in [-0.2, 0) is 9.59 Å². The minimum atomic E-state index is -0.486. The quantitative estimate of drug-likeness (QED) is 0.813. The largest absolute Gasteiger partial charge is 0.368 e. The minimum Gasteiger partial charge on any atom is -0.368 e. The molecule has 0 aromatic rings. The third kappa shape index (κ3) is 4.39. The van der Waals surface area contributed by atoms with Crippen LogP contribution in [-0.4, -0.2) is 29.3 Å². The third-order valence-electron chi connectivity index (χ3n) is 3.17. The maximum atomic E-state index is 12.0. The number of rotatable bonds is 4. The second-order valence-corrected chi connectivity index (χ2v) is 7.25. The summed E-state index contributed by atoms with van der Waals surface area (Å²) in [6.45, 7) is 2.43. The Balaban J connectivity index is 2.88. The Morgan fingerprint density at radius 3 is 2.78 bits per heavy atom. The van der Waals surface area contributed by atoms with E-state index in [4.69, 9.17) is 5.73 Å². The molecule has 102 valence electrons. The zero-order chi connectivity index (χ0) is 13.7. The molecular weight excluding hydrogens is 364 g/mol. The van der Waals surface area contributed by atoms with Crippen LogP contribution in [0.2, 0.25) is 0 Å². The first-order valence-electron chi connectivity index (χ1n) is 6.07. The van der Waals surface area contributed by atoms with Crippen LogP contribution in [0.4, 0.5) is 0 Å². The summed E-state index contributed by atoms with van der Waals surface area (Å²) in [6.07, 6.45) is 4.87. The van der Waals surface area contributed by atoms with Crippen molar-refractivity contribution in [1.82, 2.24) is 4.90 Å². The van der Waals surface area contributed by atoms with E-state index in [1.165, 1.54) is 0 Å². The van der Waals surface area contributed by atoms with E-state index in [1.807, 2.05) is 13.0 Å². The Bertz CT molecular complexity index is 354. The average Bonchev–Trinajstić information content (AvgIpc) is 2.42. The normalized spacial score (nSPS) is 22.3. The number of carbonyl (C=O) groups excluding carboxylic acids is 2. The van der Waals surface area contributed by atoms with Crippen LogP contribution >= 0.6 is 31.9 Å². The van der Waals surface area contributed by atoms with Crippen molar-refractivity contribution in [3.63, 3.8) is 0 Å². The Hall–Kier alpha value is -0.360. The third-order valence-corrected chi connectivity index (χ3v) is 3.70. The Morgan fingerprint density at radius 1 is 1.61 bits per heavy atom. The van der Waals surface area contributed by atoms with Crippen LogP contribution in [0.3, 0.4) is 0 Å². The first kappa shape index (κ1) is 15.7. The molecule has 1 aliphatic rings. The summed E-state index contributed by atoms with van der Waals surface area (Å²) in [4.78, 5) is 25.1. The maximum Gasteiger partial charge on any atom is 0.240 e. The minimum absolute atomic E-state index is 0.0299. The lowest BCUT2D eigenvalue weighted by atomic mass is 10.0. The molecule has 1 saturated heterocycles. The van der Waals surface area contributed by atoms with Gasteiger partial charge in [0.05, 0.1) is 3.39 Å². The van der Waals surface area contributed by atoms with Gasteiger partial charge < -0.3 is 10.6 Å². The Kier molecular flexibility index (Phi) is 6.35. The second-order valence-electron chi connectivity index (χ2n) is 4.48. The smallest absolute Gasteiger partial charge is 0.240 e. The van der Waals surface area contributed by atoms with Crippen LogP contribution in [0, 0.1) is 5.92 Å². The van der Waals surface area contributed by atoms with Gasteiger partial charge in [0.1, 0.15) is 6.04 Å². The Morgan fingerprint density at radius 2 is 2.28 bits per heavy atom. The van der Waals surface area contributed by atoms with Crippen molar-refractivity contribution >= 4 is 43.7 Å². The number of nitrogens with two attached hydrogens (primary N) is 1. The predicted molar refractivity (Wildman–Crippen MR) is 78.3 cm³/mol. The van der Waals surface area contributed by atoms with Gasteiger partial charge in [0.25, 0.3) is 0 Å². The van der Waals surface area contributed by atoms with Crippen molar-refractivity contribution in [2.75, 3.05) is 6.54 Å². The van der Waals surface area contributed by atoms with E-state index in [0.717, 1.165) is 16.2 Å². The van der Waals surface area contributed by atoms with Gasteiger partial charge in [0.2, 0.25) is 11.8 Å². The average molecular weight is 382 g/mol. The molecule has 1 fully saturated rings. The molecule has 0 aromatic heterocycles. The number of likely N-dealkylation sites (tertiary alicyclic amines) is 1. The molecule has 0 aliphatic carbocycles. The van der Waals surface area contributed by atoms with E-state index in [9.17, 15) is 9.59 Å². The molecule has 18 heavy (non-hydrogen) atoms. The molecule has 2 amide bonds.